The van der Waals surface area contributed by atoms with Crippen molar-refractivity contribution in [3.8, 4) is 0 Å². The van der Waals surface area contributed by atoms with Gasteiger partial charge in [-0.1, -0.05) is 30.0 Å². The minimum atomic E-state index is -0.00453. The normalized spacial score (nSPS) is 18.0. The van der Waals surface area contributed by atoms with Crippen LogP contribution < -0.4 is 10.9 Å². The molecule has 0 amide bonds. The third kappa shape index (κ3) is 3.39. The molecule has 0 radical (unpaired) electrons. The Balaban J connectivity index is 1.63. The van der Waals surface area contributed by atoms with Gasteiger partial charge in [-0.05, 0) is 44.6 Å². The number of rotatable bonds is 5. The van der Waals surface area contributed by atoms with Crippen LogP contribution in [0.5, 0.6) is 0 Å². The largest absolute Gasteiger partial charge is 0.360 e. The molecule has 0 spiro atoms. The van der Waals surface area contributed by atoms with Crippen molar-refractivity contribution in [2.75, 3.05) is 11.9 Å². The molecule has 1 aliphatic carbocycles. The van der Waals surface area contributed by atoms with Crippen molar-refractivity contribution in [3.05, 3.63) is 26.6 Å². The number of hydrogen-bond donors (Lipinski definition) is 2. The second-order valence-electron chi connectivity index (χ2n) is 6.65. The molecular formula is C17H21N5OS3. The summed E-state index contributed by atoms with van der Waals surface area (Å²) < 4.78 is 0.871. The molecule has 0 aliphatic heterocycles. The SMILES string of the molecule is CCNc1nnc(S[C@@H](C)c2nc3sc4c(c3c(=O)[nH]2)CC[C@@H](C)C4)s1. The van der Waals surface area contributed by atoms with Gasteiger partial charge in [0.15, 0.2) is 4.34 Å². The van der Waals surface area contributed by atoms with Crippen molar-refractivity contribution in [2.45, 2.75) is 49.6 Å². The standard InChI is InChI=1S/C17H21N5OS3/c1-4-18-16-21-22-17(26-16)24-9(3)13-19-14(23)12-10-6-5-8(2)7-11(10)25-15(12)20-13/h8-9H,4-7H2,1-3H3,(H,18,21)(H,19,20,23)/t8-,9+/m1/s1. The fraction of sp³-hybridized carbons (Fsp3) is 0.529. The predicted molar refractivity (Wildman–Crippen MR) is 110 cm³/mol. The van der Waals surface area contributed by atoms with Gasteiger partial charge in [0, 0.05) is 11.4 Å². The molecule has 4 rings (SSSR count). The molecule has 9 heteroatoms. The van der Waals surface area contributed by atoms with Crippen LogP contribution in [-0.4, -0.2) is 26.7 Å². The van der Waals surface area contributed by atoms with Gasteiger partial charge >= 0.3 is 0 Å². The van der Waals surface area contributed by atoms with E-state index in [1.165, 1.54) is 21.8 Å². The summed E-state index contributed by atoms with van der Waals surface area (Å²) in [6.45, 7) is 7.17. The molecule has 138 valence electrons. The number of aryl methyl sites for hydroxylation is 1. The van der Waals surface area contributed by atoms with E-state index in [1.807, 2.05) is 13.8 Å². The van der Waals surface area contributed by atoms with E-state index in [0.717, 1.165) is 45.5 Å². The molecule has 0 bridgehead atoms. The lowest BCUT2D eigenvalue weighted by atomic mass is 9.89. The molecule has 0 unspecified atom stereocenters. The van der Waals surface area contributed by atoms with Crippen molar-refractivity contribution >= 4 is 49.8 Å². The second-order valence-corrected chi connectivity index (χ2v) is 10.3. The lowest BCUT2D eigenvalue weighted by Crippen LogP contribution is -2.15. The van der Waals surface area contributed by atoms with E-state index in [0.29, 0.717) is 11.7 Å². The van der Waals surface area contributed by atoms with Gasteiger partial charge in [-0.25, -0.2) is 4.98 Å². The van der Waals surface area contributed by atoms with E-state index in [2.05, 4.69) is 27.4 Å². The highest BCUT2D eigenvalue weighted by Gasteiger charge is 2.24. The molecule has 3 aromatic rings. The monoisotopic (exact) mass is 407 g/mol. The van der Waals surface area contributed by atoms with Crippen LogP contribution >= 0.6 is 34.4 Å². The van der Waals surface area contributed by atoms with Gasteiger partial charge in [0.05, 0.1) is 10.6 Å². The molecule has 2 N–H and O–H groups in total. The lowest BCUT2D eigenvalue weighted by Gasteiger charge is -2.17. The molecular weight excluding hydrogens is 386 g/mol. The van der Waals surface area contributed by atoms with Gasteiger partial charge < -0.3 is 10.3 Å². The van der Waals surface area contributed by atoms with Gasteiger partial charge in [-0.15, -0.1) is 21.5 Å². The minimum absolute atomic E-state index is 0.00453. The summed E-state index contributed by atoms with van der Waals surface area (Å²) in [5, 5.41) is 13.1. The maximum absolute atomic E-state index is 12.7. The lowest BCUT2D eigenvalue weighted by molar-refractivity contribution is 0.509. The Morgan fingerprint density at radius 2 is 2.23 bits per heavy atom. The van der Waals surface area contributed by atoms with Crippen LogP contribution in [-0.2, 0) is 12.8 Å². The van der Waals surface area contributed by atoms with Crippen molar-refractivity contribution in [1.29, 1.82) is 0 Å². The number of thiophene rings is 1. The van der Waals surface area contributed by atoms with Crippen LogP contribution in [0.1, 0.15) is 48.7 Å². The predicted octanol–water partition coefficient (Wildman–Crippen LogP) is 4.25. The van der Waals surface area contributed by atoms with Crippen LogP contribution in [0.2, 0.25) is 0 Å². The highest BCUT2D eigenvalue weighted by Crippen LogP contribution is 2.38. The fourth-order valence-electron chi connectivity index (χ4n) is 3.25. The Hall–Kier alpha value is -1.45. The number of aromatic nitrogens is 4. The maximum atomic E-state index is 12.7. The third-order valence-corrected chi connectivity index (χ3v) is 7.80. The first-order valence-electron chi connectivity index (χ1n) is 8.83. The molecule has 6 nitrogen and oxygen atoms in total. The summed E-state index contributed by atoms with van der Waals surface area (Å²) >= 11 is 4.79. The summed E-state index contributed by atoms with van der Waals surface area (Å²) in [6, 6.07) is 0. The molecule has 1 aliphatic rings. The molecule has 2 atom stereocenters. The number of nitrogens with one attached hydrogen (secondary N) is 2. The van der Waals surface area contributed by atoms with Crippen LogP contribution in [0.3, 0.4) is 0 Å². The molecule has 0 fully saturated rings. The average molecular weight is 408 g/mol. The highest BCUT2D eigenvalue weighted by atomic mass is 32.2. The number of thioether (sulfide) groups is 1. The number of fused-ring (bicyclic) bond motifs is 3. The van der Waals surface area contributed by atoms with Crippen LogP contribution in [0, 0.1) is 5.92 Å². The van der Waals surface area contributed by atoms with Crippen LogP contribution in [0.4, 0.5) is 5.13 Å². The third-order valence-electron chi connectivity index (χ3n) is 4.58. The second kappa shape index (κ2) is 7.28. The van der Waals surface area contributed by atoms with Gasteiger partial charge in [-0.2, -0.15) is 0 Å². The Bertz CT molecular complexity index is 992. The highest BCUT2D eigenvalue weighted by molar-refractivity contribution is 8.01. The van der Waals surface area contributed by atoms with Crippen molar-refractivity contribution in [3.63, 3.8) is 0 Å². The summed E-state index contributed by atoms with van der Waals surface area (Å²) in [5.74, 6) is 1.39. The zero-order chi connectivity index (χ0) is 18.3. The Kier molecular flexibility index (Phi) is 5.02. The number of nitrogens with zero attached hydrogens (tertiary/aromatic N) is 3. The van der Waals surface area contributed by atoms with Crippen molar-refractivity contribution < 1.29 is 0 Å². The van der Waals surface area contributed by atoms with Crippen LogP contribution in [0.15, 0.2) is 9.13 Å². The number of H-pyrrole nitrogens is 1. The van der Waals surface area contributed by atoms with Gasteiger partial charge in [0.2, 0.25) is 5.13 Å². The van der Waals surface area contributed by atoms with E-state index in [9.17, 15) is 4.79 Å². The first kappa shape index (κ1) is 17.9. The van der Waals surface area contributed by atoms with E-state index >= 15 is 0 Å². The molecule has 0 saturated heterocycles. The maximum Gasteiger partial charge on any atom is 0.259 e. The fourth-order valence-corrected chi connectivity index (χ4v) is 6.66. The van der Waals surface area contributed by atoms with Gasteiger partial charge in [-0.3, -0.25) is 4.79 Å². The molecule has 3 aromatic heterocycles. The Labute approximate surface area is 163 Å². The quantitative estimate of drug-likeness (QED) is 0.615. The number of aromatic amines is 1. The number of anilines is 1. The smallest absolute Gasteiger partial charge is 0.259 e. The van der Waals surface area contributed by atoms with Gasteiger partial charge in [0.25, 0.3) is 5.56 Å². The Morgan fingerprint density at radius 1 is 1.38 bits per heavy atom. The topological polar surface area (TPSA) is 83.6 Å². The van der Waals surface area contributed by atoms with E-state index in [-0.39, 0.29) is 10.8 Å². The molecule has 0 saturated carbocycles. The summed E-state index contributed by atoms with van der Waals surface area (Å²) in [6.07, 6.45) is 3.20. The van der Waals surface area contributed by atoms with E-state index in [1.54, 1.807) is 23.1 Å². The van der Waals surface area contributed by atoms with Crippen molar-refractivity contribution in [1.82, 2.24) is 20.2 Å². The summed E-state index contributed by atoms with van der Waals surface area (Å²) in [5.41, 5.74) is 1.22. The van der Waals surface area contributed by atoms with Gasteiger partial charge in [0.1, 0.15) is 10.7 Å². The van der Waals surface area contributed by atoms with E-state index in [4.69, 9.17) is 4.98 Å². The molecule has 0 aromatic carbocycles. The summed E-state index contributed by atoms with van der Waals surface area (Å²) in [7, 11) is 0. The van der Waals surface area contributed by atoms with Crippen LogP contribution in [0.25, 0.3) is 10.2 Å². The first-order valence-corrected chi connectivity index (χ1v) is 11.3. The molecule has 3 heterocycles. The molecule has 26 heavy (non-hydrogen) atoms. The zero-order valence-electron chi connectivity index (χ0n) is 15.0. The first-order chi connectivity index (χ1) is 12.5. The Morgan fingerprint density at radius 3 is 3.04 bits per heavy atom. The summed E-state index contributed by atoms with van der Waals surface area (Å²) in [4.78, 5) is 22.7. The minimum Gasteiger partial charge on any atom is -0.360 e. The average Bonchev–Trinajstić information content (AvgIpc) is 3.18. The zero-order valence-corrected chi connectivity index (χ0v) is 17.4. The number of hydrogen-bond acceptors (Lipinski definition) is 8. The van der Waals surface area contributed by atoms with Crippen molar-refractivity contribution in [2.24, 2.45) is 5.92 Å². The van der Waals surface area contributed by atoms with E-state index < -0.39 is 0 Å².